The third kappa shape index (κ3) is 6.20. The minimum atomic E-state index is -0.482. The molecule has 0 saturated carbocycles. The molecule has 9 nitrogen and oxygen atoms in total. The lowest BCUT2D eigenvalue weighted by Crippen LogP contribution is -2.44. The predicted molar refractivity (Wildman–Crippen MR) is 137 cm³/mol. The Bertz CT molecular complexity index is 1320. The number of methoxy groups -OCH3 is 2. The van der Waals surface area contributed by atoms with E-state index in [1.54, 1.807) is 49.4 Å². The van der Waals surface area contributed by atoms with E-state index >= 15 is 0 Å². The first-order chi connectivity index (χ1) is 17.6. The van der Waals surface area contributed by atoms with Crippen LogP contribution in [0.2, 0.25) is 0 Å². The molecule has 1 heterocycles. The van der Waals surface area contributed by atoms with Gasteiger partial charge in [0, 0.05) is 17.4 Å². The van der Waals surface area contributed by atoms with E-state index in [4.69, 9.17) is 9.47 Å². The number of amides is 2. The standard InChI is InChI=1S/C27H27N5O4/c1-35-22-13-11-21(12-14-22)28-16-25(33)29-30-27(34)24-18-32(17-19-7-4-3-5-8-19)31-26(24)20-9-6-10-23(15-20)36-2/h3-15,18,28H,16-17H2,1-2H3,(H,29,33)(H,30,34). The van der Waals surface area contributed by atoms with Gasteiger partial charge in [0.15, 0.2) is 0 Å². The van der Waals surface area contributed by atoms with Crippen molar-refractivity contribution in [3.05, 3.63) is 96.2 Å². The Kier molecular flexibility index (Phi) is 7.82. The summed E-state index contributed by atoms with van der Waals surface area (Å²) in [5, 5.41) is 7.65. The van der Waals surface area contributed by atoms with E-state index in [-0.39, 0.29) is 6.54 Å². The molecule has 184 valence electrons. The van der Waals surface area contributed by atoms with Crippen LogP contribution in [0, 0.1) is 0 Å². The summed E-state index contributed by atoms with van der Waals surface area (Å²) in [4.78, 5) is 25.4. The fraction of sp³-hybridized carbons (Fsp3) is 0.148. The molecular weight excluding hydrogens is 458 g/mol. The van der Waals surface area contributed by atoms with Crippen LogP contribution in [0.4, 0.5) is 5.69 Å². The van der Waals surface area contributed by atoms with Gasteiger partial charge in [0.05, 0.1) is 32.9 Å². The van der Waals surface area contributed by atoms with Gasteiger partial charge in [-0.05, 0) is 42.0 Å². The molecule has 4 aromatic rings. The summed E-state index contributed by atoms with van der Waals surface area (Å²) in [5.74, 6) is 0.481. The summed E-state index contributed by atoms with van der Waals surface area (Å²) in [6, 6.07) is 24.3. The summed E-state index contributed by atoms with van der Waals surface area (Å²) in [6.07, 6.45) is 1.67. The Morgan fingerprint density at radius 2 is 1.61 bits per heavy atom. The van der Waals surface area contributed by atoms with E-state index < -0.39 is 11.8 Å². The first-order valence-electron chi connectivity index (χ1n) is 11.3. The summed E-state index contributed by atoms with van der Waals surface area (Å²) >= 11 is 0. The van der Waals surface area contributed by atoms with Crippen LogP contribution < -0.4 is 25.6 Å². The number of benzene rings is 3. The van der Waals surface area contributed by atoms with Crippen LogP contribution in [0.25, 0.3) is 11.3 Å². The molecule has 36 heavy (non-hydrogen) atoms. The number of hydrogen-bond acceptors (Lipinski definition) is 6. The van der Waals surface area contributed by atoms with Crippen molar-refractivity contribution in [2.75, 3.05) is 26.1 Å². The maximum absolute atomic E-state index is 13.1. The number of ether oxygens (including phenoxy) is 2. The molecule has 4 rings (SSSR count). The number of carbonyl (C=O) groups is 2. The fourth-order valence-corrected chi connectivity index (χ4v) is 3.55. The van der Waals surface area contributed by atoms with Crippen LogP contribution in [0.5, 0.6) is 11.5 Å². The quantitative estimate of drug-likeness (QED) is 0.314. The Hall–Kier alpha value is -4.79. The summed E-state index contributed by atoms with van der Waals surface area (Å²) in [7, 11) is 3.17. The molecule has 0 aliphatic carbocycles. The molecule has 0 unspecified atom stereocenters. The van der Waals surface area contributed by atoms with Gasteiger partial charge in [-0.3, -0.25) is 25.1 Å². The second-order valence-electron chi connectivity index (χ2n) is 7.89. The molecule has 0 aliphatic heterocycles. The fourth-order valence-electron chi connectivity index (χ4n) is 3.55. The third-order valence-corrected chi connectivity index (χ3v) is 5.40. The van der Waals surface area contributed by atoms with Crippen molar-refractivity contribution < 1.29 is 19.1 Å². The van der Waals surface area contributed by atoms with Crippen LogP contribution in [0.15, 0.2) is 85.1 Å². The highest BCUT2D eigenvalue weighted by atomic mass is 16.5. The molecule has 3 N–H and O–H groups in total. The Labute approximate surface area is 209 Å². The van der Waals surface area contributed by atoms with Crippen molar-refractivity contribution in [1.82, 2.24) is 20.6 Å². The van der Waals surface area contributed by atoms with Crippen molar-refractivity contribution in [3.63, 3.8) is 0 Å². The monoisotopic (exact) mass is 485 g/mol. The molecular formula is C27H27N5O4. The second-order valence-corrected chi connectivity index (χ2v) is 7.89. The molecule has 0 aliphatic rings. The van der Waals surface area contributed by atoms with Crippen molar-refractivity contribution in [1.29, 1.82) is 0 Å². The van der Waals surface area contributed by atoms with Crippen LogP contribution in [0.3, 0.4) is 0 Å². The van der Waals surface area contributed by atoms with Gasteiger partial charge in [-0.25, -0.2) is 0 Å². The first kappa shape index (κ1) is 24.3. The molecule has 9 heteroatoms. The first-order valence-corrected chi connectivity index (χ1v) is 11.3. The van der Waals surface area contributed by atoms with Gasteiger partial charge in [-0.1, -0.05) is 42.5 Å². The van der Waals surface area contributed by atoms with E-state index in [1.807, 2.05) is 54.6 Å². The van der Waals surface area contributed by atoms with Crippen molar-refractivity contribution in [3.8, 4) is 22.8 Å². The molecule has 3 aromatic carbocycles. The van der Waals surface area contributed by atoms with Crippen molar-refractivity contribution in [2.45, 2.75) is 6.54 Å². The van der Waals surface area contributed by atoms with Gasteiger partial charge >= 0.3 is 0 Å². The van der Waals surface area contributed by atoms with Gasteiger partial charge in [-0.15, -0.1) is 0 Å². The molecule has 0 radical (unpaired) electrons. The topological polar surface area (TPSA) is 107 Å². The van der Waals surface area contributed by atoms with Crippen LogP contribution in [-0.2, 0) is 11.3 Å². The summed E-state index contributed by atoms with van der Waals surface area (Å²) in [5.41, 5.74) is 8.25. The van der Waals surface area contributed by atoms with Crippen LogP contribution >= 0.6 is 0 Å². The lowest BCUT2D eigenvalue weighted by molar-refractivity contribution is -0.120. The lowest BCUT2D eigenvalue weighted by atomic mass is 10.1. The summed E-state index contributed by atoms with van der Waals surface area (Å²) in [6.45, 7) is 0.464. The highest BCUT2D eigenvalue weighted by Crippen LogP contribution is 2.26. The number of anilines is 1. The van der Waals surface area contributed by atoms with Gasteiger partial charge < -0.3 is 14.8 Å². The SMILES string of the molecule is COc1ccc(NCC(=O)NNC(=O)c2cn(Cc3ccccc3)nc2-c2cccc(OC)c2)cc1. The van der Waals surface area contributed by atoms with E-state index in [2.05, 4.69) is 21.3 Å². The van der Waals surface area contributed by atoms with E-state index in [0.29, 0.717) is 23.6 Å². The molecule has 0 atom stereocenters. The van der Waals surface area contributed by atoms with Crippen LogP contribution in [-0.4, -0.2) is 42.4 Å². The summed E-state index contributed by atoms with van der Waals surface area (Å²) < 4.78 is 12.2. The average Bonchev–Trinajstić information content (AvgIpc) is 3.35. The Morgan fingerprint density at radius 3 is 2.33 bits per heavy atom. The van der Waals surface area contributed by atoms with Crippen molar-refractivity contribution >= 4 is 17.5 Å². The zero-order valence-electron chi connectivity index (χ0n) is 20.0. The highest BCUT2D eigenvalue weighted by molar-refractivity contribution is 6.00. The minimum Gasteiger partial charge on any atom is -0.497 e. The number of carbonyl (C=O) groups excluding carboxylic acids is 2. The number of nitrogens with zero attached hydrogens (tertiary/aromatic N) is 2. The number of hydrazine groups is 1. The smallest absolute Gasteiger partial charge is 0.273 e. The maximum Gasteiger partial charge on any atom is 0.273 e. The van der Waals surface area contributed by atoms with Gasteiger partial charge in [0.2, 0.25) is 0 Å². The lowest BCUT2D eigenvalue weighted by Gasteiger charge is -2.10. The second kappa shape index (κ2) is 11.6. The van der Waals surface area contributed by atoms with E-state index in [9.17, 15) is 9.59 Å². The Balaban J connectivity index is 1.46. The predicted octanol–water partition coefficient (Wildman–Crippen LogP) is 3.49. The molecule has 1 aromatic heterocycles. The van der Waals surface area contributed by atoms with Gasteiger partial charge in [0.1, 0.15) is 17.2 Å². The number of hydrogen-bond donors (Lipinski definition) is 3. The zero-order valence-corrected chi connectivity index (χ0v) is 20.0. The normalized spacial score (nSPS) is 10.4. The number of rotatable bonds is 9. The third-order valence-electron chi connectivity index (χ3n) is 5.40. The van der Waals surface area contributed by atoms with Crippen LogP contribution in [0.1, 0.15) is 15.9 Å². The zero-order chi connectivity index (χ0) is 25.3. The van der Waals surface area contributed by atoms with Crippen molar-refractivity contribution in [2.24, 2.45) is 0 Å². The average molecular weight is 486 g/mol. The highest BCUT2D eigenvalue weighted by Gasteiger charge is 2.19. The molecule has 2 amide bonds. The Morgan fingerprint density at radius 1 is 0.861 bits per heavy atom. The van der Waals surface area contributed by atoms with E-state index in [0.717, 1.165) is 22.6 Å². The number of nitrogens with one attached hydrogen (secondary N) is 3. The molecule has 0 bridgehead atoms. The number of aromatic nitrogens is 2. The molecule has 0 fully saturated rings. The molecule has 0 saturated heterocycles. The largest absolute Gasteiger partial charge is 0.497 e. The van der Waals surface area contributed by atoms with E-state index in [1.165, 1.54) is 0 Å². The van der Waals surface area contributed by atoms with Gasteiger partial charge in [0.25, 0.3) is 11.8 Å². The molecule has 0 spiro atoms. The minimum absolute atomic E-state index is 0.0252. The van der Waals surface area contributed by atoms with Gasteiger partial charge in [-0.2, -0.15) is 5.10 Å². The maximum atomic E-state index is 13.1.